The van der Waals surface area contributed by atoms with E-state index in [1.807, 2.05) is 0 Å². The minimum absolute atomic E-state index is 0.500. The van der Waals surface area contributed by atoms with Gasteiger partial charge in [0.05, 0.1) is 19.3 Å². The van der Waals surface area contributed by atoms with Gasteiger partial charge in [0.2, 0.25) is 0 Å². The highest BCUT2D eigenvalue weighted by Gasteiger charge is 2.26. The molecule has 1 unspecified atom stereocenters. The summed E-state index contributed by atoms with van der Waals surface area (Å²) in [6, 6.07) is 0. The average Bonchev–Trinajstić information content (AvgIpc) is 1.83. The maximum Gasteiger partial charge on any atom is 0.0594 e. The van der Waals surface area contributed by atoms with E-state index in [0.29, 0.717) is 11.5 Å². The highest BCUT2D eigenvalue weighted by atomic mass is 16.5. The first kappa shape index (κ1) is 10.0. The van der Waals surface area contributed by atoms with Crippen molar-refractivity contribution in [1.82, 2.24) is 0 Å². The fourth-order valence-corrected chi connectivity index (χ4v) is 1.12. The van der Waals surface area contributed by atoms with Gasteiger partial charge in [-0.2, -0.15) is 0 Å². The molecule has 1 atom stereocenters. The predicted octanol–water partition coefficient (Wildman–Crippen LogP) is 2.23. The van der Waals surface area contributed by atoms with Crippen molar-refractivity contribution in [3.63, 3.8) is 0 Å². The van der Waals surface area contributed by atoms with Crippen LogP contribution in [0.3, 0.4) is 0 Å². The van der Waals surface area contributed by atoms with E-state index >= 15 is 0 Å². The Hall–Kier alpha value is -0.0800. The maximum absolute atomic E-state index is 5.08. The first-order valence-electron chi connectivity index (χ1n) is 4.83. The summed E-state index contributed by atoms with van der Waals surface area (Å²) in [5, 5.41) is 0. The molecule has 0 bridgehead atoms. The lowest BCUT2D eigenvalue weighted by molar-refractivity contribution is -0.0892. The van der Waals surface area contributed by atoms with Crippen molar-refractivity contribution >= 4 is 0 Å². The molecule has 0 saturated carbocycles. The highest BCUT2D eigenvalue weighted by molar-refractivity contribution is 4.73. The topological polar surface area (TPSA) is 18.5 Å². The second-order valence-electron chi connectivity index (χ2n) is 4.35. The van der Waals surface area contributed by atoms with E-state index in [4.69, 9.17) is 9.47 Å². The zero-order chi connectivity index (χ0) is 9.03. The zero-order valence-corrected chi connectivity index (χ0v) is 8.43. The fraction of sp³-hybridized carbons (Fsp3) is 1.00. The lowest BCUT2D eigenvalue weighted by atomic mass is 9.92. The van der Waals surface area contributed by atoms with Crippen molar-refractivity contribution in [2.24, 2.45) is 5.41 Å². The molecule has 2 aliphatic rings. The van der Waals surface area contributed by atoms with Crippen molar-refractivity contribution < 1.29 is 9.47 Å². The average molecular weight is 172 g/mol. The SMILES string of the molecule is CC1(C)COC1.CCC1CCO1. The number of rotatable bonds is 1. The summed E-state index contributed by atoms with van der Waals surface area (Å²) in [5.41, 5.74) is 0.500. The van der Waals surface area contributed by atoms with Crippen molar-refractivity contribution in [2.45, 2.75) is 39.7 Å². The molecular formula is C10H20O2. The molecule has 2 nitrogen and oxygen atoms in total. The monoisotopic (exact) mass is 172 g/mol. The van der Waals surface area contributed by atoms with Gasteiger partial charge in [-0.15, -0.1) is 0 Å². The molecule has 0 amide bonds. The van der Waals surface area contributed by atoms with E-state index in [1.165, 1.54) is 12.8 Å². The van der Waals surface area contributed by atoms with Crippen LogP contribution in [-0.4, -0.2) is 25.9 Å². The van der Waals surface area contributed by atoms with Crippen LogP contribution in [0.1, 0.15) is 33.6 Å². The highest BCUT2D eigenvalue weighted by Crippen LogP contribution is 2.24. The van der Waals surface area contributed by atoms with Gasteiger partial charge in [0.1, 0.15) is 0 Å². The Morgan fingerprint density at radius 2 is 1.83 bits per heavy atom. The van der Waals surface area contributed by atoms with Gasteiger partial charge in [0.25, 0.3) is 0 Å². The summed E-state index contributed by atoms with van der Waals surface area (Å²) in [7, 11) is 0. The van der Waals surface area contributed by atoms with Gasteiger partial charge in [0.15, 0.2) is 0 Å². The molecular weight excluding hydrogens is 152 g/mol. The molecule has 2 saturated heterocycles. The summed E-state index contributed by atoms with van der Waals surface area (Å²) in [6.45, 7) is 9.47. The van der Waals surface area contributed by atoms with Crippen LogP contribution in [0, 0.1) is 5.41 Å². The van der Waals surface area contributed by atoms with Crippen LogP contribution in [0.2, 0.25) is 0 Å². The van der Waals surface area contributed by atoms with E-state index < -0.39 is 0 Å². The van der Waals surface area contributed by atoms with Crippen LogP contribution >= 0.6 is 0 Å². The normalized spacial score (nSPS) is 30.8. The molecule has 0 N–H and O–H groups in total. The second-order valence-corrected chi connectivity index (χ2v) is 4.35. The maximum atomic E-state index is 5.08. The minimum atomic E-state index is 0.500. The molecule has 72 valence electrons. The third-order valence-corrected chi connectivity index (χ3v) is 2.23. The lowest BCUT2D eigenvalue weighted by Gasteiger charge is -2.33. The largest absolute Gasteiger partial charge is 0.380 e. The molecule has 0 aromatic rings. The summed E-state index contributed by atoms with van der Waals surface area (Å²) in [5.74, 6) is 0. The Balaban J connectivity index is 0.000000120. The zero-order valence-electron chi connectivity index (χ0n) is 8.43. The van der Waals surface area contributed by atoms with Gasteiger partial charge < -0.3 is 9.47 Å². The predicted molar refractivity (Wildman–Crippen MR) is 49.2 cm³/mol. The third-order valence-electron chi connectivity index (χ3n) is 2.23. The van der Waals surface area contributed by atoms with Crippen LogP contribution in [0.5, 0.6) is 0 Å². The van der Waals surface area contributed by atoms with Crippen LogP contribution < -0.4 is 0 Å². The molecule has 12 heavy (non-hydrogen) atoms. The molecule has 2 heteroatoms. The van der Waals surface area contributed by atoms with Gasteiger partial charge in [-0.25, -0.2) is 0 Å². The number of hydrogen-bond acceptors (Lipinski definition) is 2. The molecule has 0 aromatic heterocycles. The van der Waals surface area contributed by atoms with E-state index in [1.54, 1.807) is 0 Å². The summed E-state index contributed by atoms with van der Waals surface area (Å²) in [6.07, 6.45) is 3.10. The Morgan fingerprint density at radius 1 is 1.33 bits per heavy atom. The van der Waals surface area contributed by atoms with Gasteiger partial charge in [0, 0.05) is 12.0 Å². The van der Waals surface area contributed by atoms with Crippen molar-refractivity contribution in [1.29, 1.82) is 0 Å². The van der Waals surface area contributed by atoms with E-state index in [9.17, 15) is 0 Å². The molecule has 2 rings (SSSR count). The minimum Gasteiger partial charge on any atom is -0.380 e. The second kappa shape index (κ2) is 4.24. The van der Waals surface area contributed by atoms with Gasteiger partial charge in [-0.3, -0.25) is 0 Å². The summed E-state index contributed by atoms with van der Waals surface area (Å²) >= 11 is 0. The van der Waals surface area contributed by atoms with E-state index in [-0.39, 0.29) is 0 Å². The summed E-state index contributed by atoms with van der Waals surface area (Å²) < 4.78 is 10.0. The first-order chi connectivity index (χ1) is 5.64. The Kier molecular flexibility index (Phi) is 3.53. The van der Waals surface area contributed by atoms with Crippen molar-refractivity contribution in [2.75, 3.05) is 19.8 Å². The van der Waals surface area contributed by atoms with Gasteiger partial charge in [-0.1, -0.05) is 20.8 Å². The lowest BCUT2D eigenvalue weighted by Crippen LogP contribution is -2.36. The van der Waals surface area contributed by atoms with E-state index in [0.717, 1.165) is 19.8 Å². The van der Waals surface area contributed by atoms with Crippen LogP contribution in [-0.2, 0) is 9.47 Å². The molecule has 0 radical (unpaired) electrons. The van der Waals surface area contributed by atoms with Crippen LogP contribution in [0.25, 0.3) is 0 Å². The first-order valence-corrected chi connectivity index (χ1v) is 4.83. The number of hydrogen-bond donors (Lipinski definition) is 0. The molecule has 2 aliphatic heterocycles. The fourth-order valence-electron chi connectivity index (χ4n) is 1.12. The van der Waals surface area contributed by atoms with Crippen molar-refractivity contribution in [3.8, 4) is 0 Å². The quantitative estimate of drug-likeness (QED) is 0.604. The Morgan fingerprint density at radius 3 is 1.83 bits per heavy atom. The smallest absolute Gasteiger partial charge is 0.0594 e. The standard InChI is InChI=1S/2C5H10O/c1-5(2)3-6-4-5;1-2-5-3-4-6-5/h3-4H2,1-2H3;5H,2-4H2,1H3. The molecule has 2 fully saturated rings. The van der Waals surface area contributed by atoms with Gasteiger partial charge in [-0.05, 0) is 12.8 Å². The number of ether oxygens (including phenoxy) is 2. The molecule has 0 aliphatic carbocycles. The Bertz CT molecular complexity index is 119. The molecule has 0 spiro atoms. The van der Waals surface area contributed by atoms with Crippen LogP contribution in [0.4, 0.5) is 0 Å². The Labute approximate surface area is 75.2 Å². The van der Waals surface area contributed by atoms with Gasteiger partial charge >= 0.3 is 0 Å². The molecule has 2 heterocycles. The summed E-state index contributed by atoms with van der Waals surface area (Å²) in [4.78, 5) is 0. The van der Waals surface area contributed by atoms with E-state index in [2.05, 4.69) is 20.8 Å². The third kappa shape index (κ3) is 3.11. The van der Waals surface area contributed by atoms with Crippen LogP contribution in [0.15, 0.2) is 0 Å². The molecule has 0 aromatic carbocycles. The van der Waals surface area contributed by atoms with Crippen molar-refractivity contribution in [3.05, 3.63) is 0 Å².